The van der Waals surface area contributed by atoms with E-state index in [0.29, 0.717) is 0 Å². The molecule has 6 heteroatoms. The van der Waals surface area contributed by atoms with E-state index in [-0.39, 0.29) is 6.10 Å². The highest BCUT2D eigenvalue weighted by Crippen LogP contribution is 2.25. The van der Waals surface area contributed by atoms with Gasteiger partial charge in [0.05, 0.1) is 11.5 Å². The Bertz CT molecular complexity index is 911. The molecule has 4 rings (SSSR count). The molecule has 0 radical (unpaired) electrons. The van der Waals surface area contributed by atoms with Crippen LogP contribution in [-0.4, -0.2) is 38.8 Å². The molecule has 0 bridgehead atoms. The van der Waals surface area contributed by atoms with Crippen molar-refractivity contribution >= 4 is 22.5 Å². The summed E-state index contributed by atoms with van der Waals surface area (Å²) in [5, 5.41) is 9.30. The third-order valence-corrected chi connectivity index (χ3v) is 4.77. The molecule has 0 aliphatic carbocycles. The molecule has 1 atom stereocenters. The Hall–Kier alpha value is -2.21. The Balaban J connectivity index is 1.82. The molecule has 3 aromatic rings. The Morgan fingerprint density at radius 2 is 2.16 bits per heavy atom. The fourth-order valence-electron chi connectivity index (χ4n) is 3.61. The lowest BCUT2D eigenvalue weighted by molar-refractivity contribution is 0.120. The lowest BCUT2D eigenvalue weighted by Gasteiger charge is -2.14. The fourth-order valence-corrected chi connectivity index (χ4v) is 3.61. The van der Waals surface area contributed by atoms with Gasteiger partial charge in [-0.1, -0.05) is 13.3 Å². The number of aromatic nitrogens is 4. The SMILES string of the molecule is CCCc1cc(NCC2CCCO2)n2nc3nc(C)cc(C)c3c2n1. The molecule has 4 heterocycles. The molecular weight excluding hydrogens is 314 g/mol. The van der Waals surface area contributed by atoms with Gasteiger partial charge in [-0.15, -0.1) is 5.10 Å². The van der Waals surface area contributed by atoms with Gasteiger partial charge in [-0.2, -0.15) is 4.52 Å². The zero-order valence-electron chi connectivity index (χ0n) is 15.2. The Kier molecular flexibility index (Phi) is 4.29. The summed E-state index contributed by atoms with van der Waals surface area (Å²) in [4.78, 5) is 9.48. The summed E-state index contributed by atoms with van der Waals surface area (Å²) in [5.41, 5.74) is 4.89. The van der Waals surface area contributed by atoms with Crippen molar-refractivity contribution in [1.82, 2.24) is 19.6 Å². The number of pyridine rings is 1. The molecule has 1 N–H and O–H groups in total. The van der Waals surface area contributed by atoms with Crippen molar-refractivity contribution < 1.29 is 4.74 Å². The van der Waals surface area contributed by atoms with Gasteiger partial charge >= 0.3 is 0 Å². The first kappa shape index (κ1) is 16.3. The maximum absolute atomic E-state index is 5.74. The molecule has 132 valence electrons. The van der Waals surface area contributed by atoms with Crippen molar-refractivity contribution in [3.63, 3.8) is 0 Å². The minimum absolute atomic E-state index is 0.282. The number of fused-ring (bicyclic) bond motifs is 3. The fraction of sp³-hybridized carbons (Fsp3) is 0.526. The van der Waals surface area contributed by atoms with Crippen LogP contribution in [0.3, 0.4) is 0 Å². The van der Waals surface area contributed by atoms with Crippen molar-refractivity contribution in [3.8, 4) is 0 Å². The first-order chi connectivity index (χ1) is 12.2. The van der Waals surface area contributed by atoms with Crippen LogP contribution in [0.2, 0.25) is 0 Å². The van der Waals surface area contributed by atoms with Crippen LogP contribution in [-0.2, 0) is 11.2 Å². The van der Waals surface area contributed by atoms with E-state index in [2.05, 4.69) is 36.3 Å². The average Bonchev–Trinajstić information content (AvgIpc) is 3.20. The summed E-state index contributed by atoms with van der Waals surface area (Å²) in [7, 11) is 0. The van der Waals surface area contributed by atoms with E-state index < -0.39 is 0 Å². The van der Waals surface area contributed by atoms with Gasteiger partial charge in [0.1, 0.15) is 5.82 Å². The molecule has 0 saturated carbocycles. The highest BCUT2D eigenvalue weighted by Gasteiger charge is 2.18. The topological polar surface area (TPSA) is 64.3 Å². The quantitative estimate of drug-likeness (QED) is 0.771. The molecule has 1 aliphatic rings. The lowest BCUT2D eigenvalue weighted by atomic mass is 10.2. The van der Waals surface area contributed by atoms with E-state index in [4.69, 9.17) is 14.8 Å². The minimum Gasteiger partial charge on any atom is -0.376 e. The molecule has 1 unspecified atom stereocenters. The predicted molar refractivity (Wildman–Crippen MR) is 99.2 cm³/mol. The van der Waals surface area contributed by atoms with Crippen molar-refractivity contribution in [2.45, 2.75) is 52.6 Å². The smallest absolute Gasteiger partial charge is 0.184 e. The Labute approximate surface area is 147 Å². The standard InChI is InChI=1S/C19H25N5O/c1-4-6-14-10-16(20-11-15-7-5-8-25-15)24-19(22-14)17-12(2)9-13(3)21-18(17)23-24/h9-10,15,20H,4-8,11H2,1-3H3. The van der Waals surface area contributed by atoms with E-state index in [1.807, 2.05) is 11.4 Å². The zero-order valence-corrected chi connectivity index (χ0v) is 15.2. The first-order valence-corrected chi connectivity index (χ1v) is 9.18. The summed E-state index contributed by atoms with van der Waals surface area (Å²) in [5.74, 6) is 0.971. The number of rotatable bonds is 5. The summed E-state index contributed by atoms with van der Waals surface area (Å²) in [6.07, 6.45) is 4.56. The molecule has 3 aromatic heterocycles. The molecule has 0 spiro atoms. The number of nitrogens with one attached hydrogen (secondary N) is 1. The number of anilines is 1. The lowest BCUT2D eigenvalue weighted by Crippen LogP contribution is -2.20. The van der Waals surface area contributed by atoms with E-state index in [1.54, 1.807) is 0 Å². The summed E-state index contributed by atoms with van der Waals surface area (Å²) < 4.78 is 7.64. The van der Waals surface area contributed by atoms with Crippen LogP contribution in [0, 0.1) is 13.8 Å². The van der Waals surface area contributed by atoms with Crippen molar-refractivity contribution in [1.29, 1.82) is 0 Å². The van der Waals surface area contributed by atoms with Gasteiger partial charge in [0, 0.05) is 30.6 Å². The van der Waals surface area contributed by atoms with Gasteiger partial charge < -0.3 is 10.1 Å². The van der Waals surface area contributed by atoms with E-state index in [0.717, 1.165) is 72.7 Å². The zero-order chi connectivity index (χ0) is 17.4. The monoisotopic (exact) mass is 339 g/mol. The molecule has 0 amide bonds. The second-order valence-electron chi connectivity index (χ2n) is 6.91. The van der Waals surface area contributed by atoms with Gasteiger partial charge in [0.15, 0.2) is 11.3 Å². The molecular formula is C19H25N5O. The predicted octanol–water partition coefficient (Wildman–Crippen LogP) is 3.44. The highest BCUT2D eigenvalue weighted by atomic mass is 16.5. The molecule has 1 aliphatic heterocycles. The minimum atomic E-state index is 0.282. The van der Waals surface area contributed by atoms with Gasteiger partial charge in [-0.25, -0.2) is 9.97 Å². The van der Waals surface area contributed by atoms with Gasteiger partial charge in [0.2, 0.25) is 0 Å². The summed E-state index contributed by atoms with van der Waals surface area (Å²) in [6, 6.07) is 4.21. The molecule has 25 heavy (non-hydrogen) atoms. The van der Waals surface area contributed by atoms with E-state index in [1.165, 1.54) is 5.56 Å². The third kappa shape index (κ3) is 3.06. The van der Waals surface area contributed by atoms with Gasteiger partial charge in [-0.05, 0) is 44.7 Å². The van der Waals surface area contributed by atoms with Gasteiger partial charge in [-0.3, -0.25) is 0 Å². The Morgan fingerprint density at radius 1 is 1.28 bits per heavy atom. The molecule has 1 saturated heterocycles. The maximum Gasteiger partial charge on any atom is 0.184 e. The van der Waals surface area contributed by atoms with Crippen LogP contribution in [0.15, 0.2) is 12.1 Å². The average molecular weight is 339 g/mol. The summed E-state index contributed by atoms with van der Waals surface area (Å²) in [6.45, 7) is 7.95. The van der Waals surface area contributed by atoms with Crippen LogP contribution in [0.4, 0.5) is 5.82 Å². The second-order valence-corrected chi connectivity index (χ2v) is 6.91. The highest BCUT2D eigenvalue weighted by molar-refractivity contribution is 5.93. The largest absolute Gasteiger partial charge is 0.376 e. The van der Waals surface area contributed by atoms with Crippen molar-refractivity contribution in [3.05, 3.63) is 29.1 Å². The molecule has 6 nitrogen and oxygen atoms in total. The normalized spacial score (nSPS) is 17.6. The van der Waals surface area contributed by atoms with Crippen LogP contribution >= 0.6 is 0 Å². The number of aryl methyl sites for hydroxylation is 3. The molecule has 1 fully saturated rings. The summed E-state index contributed by atoms with van der Waals surface area (Å²) >= 11 is 0. The number of hydrogen-bond donors (Lipinski definition) is 1. The number of ether oxygens (including phenoxy) is 1. The van der Waals surface area contributed by atoms with Crippen molar-refractivity contribution in [2.75, 3.05) is 18.5 Å². The second kappa shape index (κ2) is 6.59. The number of nitrogens with zero attached hydrogens (tertiary/aromatic N) is 4. The van der Waals surface area contributed by atoms with Crippen LogP contribution < -0.4 is 5.32 Å². The van der Waals surface area contributed by atoms with E-state index >= 15 is 0 Å². The first-order valence-electron chi connectivity index (χ1n) is 9.18. The van der Waals surface area contributed by atoms with Crippen LogP contribution in [0.1, 0.15) is 43.1 Å². The van der Waals surface area contributed by atoms with Crippen molar-refractivity contribution in [2.24, 2.45) is 0 Å². The third-order valence-electron chi connectivity index (χ3n) is 4.77. The Morgan fingerprint density at radius 3 is 2.92 bits per heavy atom. The number of hydrogen-bond acceptors (Lipinski definition) is 5. The van der Waals surface area contributed by atoms with E-state index in [9.17, 15) is 0 Å². The van der Waals surface area contributed by atoms with Crippen LogP contribution in [0.5, 0.6) is 0 Å². The van der Waals surface area contributed by atoms with Crippen LogP contribution in [0.25, 0.3) is 16.7 Å². The molecule has 0 aromatic carbocycles. The van der Waals surface area contributed by atoms with Gasteiger partial charge in [0.25, 0.3) is 0 Å². The maximum atomic E-state index is 5.74.